The van der Waals surface area contributed by atoms with Crippen LogP contribution in [0.1, 0.15) is 25.1 Å². The van der Waals surface area contributed by atoms with E-state index >= 15 is 0 Å². The molecule has 17 heavy (non-hydrogen) atoms. The van der Waals surface area contributed by atoms with Gasteiger partial charge in [-0.3, -0.25) is 4.98 Å². The van der Waals surface area contributed by atoms with Crippen molar-refractivity contribution in [3.63, 3.8) is 0 Å². The summed E-state index contributed by atoms with van der Waals surface area (Å²) in [5, 5.41) is 0. The molecule has 0 spiro atoms. The second-order valence-corrected chi connectivity index (χ2v) is 4.02. The molecule has 2 heterocycles. The molecule has 90 valence electrons. The maximum absolute atomic E-state index is 12.7. The number of aromatic nitrogens is 3. The number of hydrogen-bond acceptors (Lipinski definition) is 3. The minimum atomic E-state index is -0.343. The molecule has 4 nitrogen and oxygen atoms in total. The summed E-state index contributed by atoms with van der Waals surface area (Å²) in [5.74, 6) is 0.829. The molecule has 2 aromatic heterocycles. The van der Waals surface area contributed by atoms with Crippen LogP contribution in [0.5, 0.6) is 0 Å². The van der Waals surface area contributed by atoms with Gasteiger partial charge in [0, 0.05) is 5.92 Å². The number of nitrogens with two attached hydrogens (primary N) is 1. The molecule has 0 saturated heterocycles. The highest BCUT2D eigenvalue weighted by Crippen LogP contribution is 2.19. The lowest BCUT2D eigenvalue weighted by molar-refractivity contribution is 0.621. The first kappa shape index (κ1) is 11.7. The van der Waals surface area contributed by atoms with Crippen LogP contribution in [0.2, 0.25) is 0 Å². The molecule has 0 aliphatic rings. The third-order valence-corrected chi connectivity index (χ3v) is 2.67. The number of hydrogen-bond donors (Lipinski definition) is 2. The molecule has 2 aromatic rings. The van der Waals surface area contributed by atoms with E-state index in [0.717, 1.165) is 17.9 Å². The first-order valence-electron chi connectivity index (χ1n) is 5.57. The third kappa shape index (κ3) is 2.68. The third-order valence-electron chi connectivity index (χ3n) is 2.67. The van der Waals surface area contributed by atoms with E-state index in [1.165, 1.54) is 12.3 Å². The van der Waals surface area contributed by atoms with Crippen LogP contribution in [0, 0.1) is 5.82 Å². The van der Waals surface area contributed by atoms with Gasteiger partial charge in [-0.15, -0.1) is 0 Å². The van der Waals surface area contributed by atoms with E-state index < -0.39 is 0 Å². The summed E-state index contributed by atoms with van der Waals surface area (Å²) < 4.78 is 12.7. The molecule has 0 aliphatic carbocycles. The average molecular weight is 234 g/mol. The number of aromatic amines is 1. The van der Waals surface area contributed by atoms with Crippen LogP contribution in [0.4, 0.5) is 4.39 Å². The number of pyridine rings is 1. The molecule has 1 unspecified atom stereocenters. The predicted octanol–water partition coefficient (Wildman–Crippen LogP) is 2.06. The van der Waals surface area contributed by atoms with E-state index in [0.29, 0.717) is 12.2 Å². The number of nitrogens with zero attached hydrogens (tertiary/aromatic N) is 2. The van der Waals surface area contributed by atoms with E-state index in [1.54, 1.807) is 12.3 Å². The zero-order chi connectivity index (χ0) is 12.3. The van der Waals surface area contributed by atoms with Crippen LogP contribution in [0.3, 0.4) is 0 Å². The summed E-state index contributed by atoms with van der Waals surface area (Å²) in [6.45, 7) is 2.69. The summed E-state index contributed by atoms with van der Waals surface area (Å²) in [6.07, 6.45) is 3.78. The normalized spacial score (nSPS) is 12.6. The topological polar surface area (TPSA) is 67.6 Å². The molecule has 0 saturated carbocycles. The molecule has 0 radical (unpaired) electrons. The van der Waals surface area contributed by atoms with Crippen molar-refractivity contribution in [2.24, 2.45) is 5.73 Å². The molecular weight excluding hydrogens is 219 g/mol. The van der Waals surface area contributed by atoms with Gasteiger partial charge in [-0.05, 0) is 25.1 Å². The first-order chi connectivity index (χ1) is 8.20. The molecule has 2 rings (SSSR count). The van der Waals surface area contributed by atoms with Gasteiger partial charge in [-0.25, -0.2) is 9.37 Å². The van der Waals surface area contributed by atoms with Crippen LogP contribution in [-0.2, 0) is 0 Å². The number of H-pyrrole nitrogens is 1. The lowest BCUT2D eigenvalue weighted by Crippen LogP contribution is -2.05. The number of imidazole rings is 1. The van der Waals surface area contributed by atoms with Gasteiger partial charge in [-0.2, -0.15) is 0 Å². The summed E-state index contributed by atoms with van der Waals surface area (Å²) in [6, 6.07) is 3.01. The minimum Gasteiger partial charge on any atom is -0.341 e. The summed E-state index contributed by atoms with van der Waals surface area (Å²) >= 11 is 0. The number of halogens is 1. The van der Waals surface area contributed by atoms with Crippen molar-refractivity contribution >= 4 is 0 Å². The Morgan fingerprint density at radius 3 is 2.82 bits per heavy atom. The standard InChI is InChI=1S/C12H15FN4/c1-8(4-5-14)12-16-7-11(17-12)10-3-2-9(13)6-15-10/h2-3,6-8H,4-5,14H2,1H3,(H,16,17). The quantitative estimate of drug-likeness (QED) is 0.850. The molecule has 0 fully saturated rings. The van der Waals surface area contributed by atoms with Gasteiger partial charge in [0.25, 0.3) is 0 Å². The molecule has 0 bridgehead atoms. The first-order valence-corrected chi connectivity index (χ1v) is 5.57. The molecule has 0 aliphatic heterocycles. The van der Waals surface area contributed by atoms with Gasteiger partial charge in [0.2, 0.25) is 0 Å². The lowest BCUT2D eigenvalue weighted by Gasteiger charge is -2.05. The second kappa shape index (κ2) is 5.05. The fraction of sp³-hybridized carbons (Fsp3) is 0.333. The van der Waals surface area contributed by atoms with E-state index in [9.17, 15) is 4.39 Å². The summed E-state index contributed by atoms with van der Waals surface area (Å²) in [7, 11) is 0. The second-order valence-electron chi connectivity index (χ2n) is 4.02. The Hall–Kier alpha value is -1.75. The van der Waals surface area contributed by atoms with Gasteiger partial charge < -0.3 is 10.7 Å². The Morgan fingerprint density at radius 2 is 2.18 bits per heavy atom. The smallest absolute Gasteiger partial charge is 0.141 e. The van der Waals surface area contributed by atoms with Crippen LogP contribution < -0.4 is 5.73 Å². The number of nitrogens with one attached hydrogen (secondary N) is 1. The Balaban J connectivity index is 2.20. The van der Waals surface area contributed by atoms with Crippen molar-refractivity contribution in [2.75, 3.05) is 6.54 Å². The summed E-state index contributed by atoms with van der Waals surface area (Å²) in [4.78, 5) is 11.5. The SMILES string of the molecule is CC(CCN)c1ncc(-c2ccc(F)cn2)[nH]1. The zero-order valence-electron chi connectivity index (χ0n) is 9.65. The fourth-order valence-corrected chi connectivity index (χ4v) is 1.64. The largest absolute Gasteiger partial charge is 0.341 e. The van der Waals surface area contributed by atoms with E-state index in [-0.39, 0.29) is 11.7 Å². The zero-order valence-corrected chi connectivity index (χ0v) is 9.65. The van der Waals surface area contributed by atoms with Crippen LogP contribution in [0.25, 0.3) is 11.4 Å². The Morgan fingerprint density at radius 1 is 1.35 bits per heavy atom. The molecule has 0 aromatic carbocycles. The van der Waals surface area contributed by atoms with Gasteiger partial charge >= 0.3 is 0 Å². The van der Waals surface area contributed by atoms with Crippen molar-refractivity contribution < 1.29 is 4.39 Å². The van der Waals surface area contributed by atoms with Gasteiger partial charge in [0.15, 0.2) is 0 Å². The highest BCUT2D eigenvalue weighted by atomic mass is 19.1. The maximum Gasteiger partial charge on any atom is 0.141 e. The van der Waals surface area contributed by atoms with Gasteiger partial charge in [0.05, 0.1) is 23.8 Å². The Kier molecular flexibility index (Phi) is 3.49. The van der Waals surface area contributed by atoms with Gasteiger partial charge in [0.1, 0.15) is 11.6 Å². The fourth-order valence-electron chi connectivity index (χ4n) is 1.64. The van der Waals surface area contributed by atoms with Crippen molar-refractivity contribution in [2.45, 2.75) is 19.3 Å². The molecule has 3 N–H and O–H groups in total. The Bertz CT molecular complexity index is 478. The average Bonchev–Trinajstić information content (AvgIpc) is 2.80. The highest BCUT2D eigenvalue weighted by Gasteiger charge is 2.10. The molecule has 1 atom stereocenters. The van der Waals surface area contributed by atoms with Gasteiger partial charge in [-0.1, -0.05) is 6.92 Å². The van der Waals surface area contributed by atoms with Crippen molar-refractivity contribution in [3.05, 3.63) is 36.2 Å². The van der Waals surface area contributed by atoms with E-state index in [1.807, 2.05) is 0 Å². The van der Waals surface area contributed by atoms with Crippen LogP contribution in [0.15, 0.2) is 24.5 Å². The molecule has 5 heteroatoms. The summed E-state index contributed by atoms with van der Waals surface area (Å²) in [5.41, 5.74) is 6.99. The lowest BCUT2D eigenvalue weighted by atomic mass is 10.1. The maximum atomic E-state index is 12.7. The van der Waals surface area contributed by atoms with E-state index in [4.69, 9.17) is 5.73 Å². The van der Waals surface area contributed by atoms with Crippen LogP contribution in [-0.4, -0.2) is 21.5 Å². The van der Waals surface area contributed by atoms with E-state index in [2.05, 4.69) is 21.9 Å². The highest BCUT2D eigenvalue weighted by molar-refractivity contribution is 5.52. The van der Waals surface area contributed by atoms with Crippen molar-refractivity contribution in [1.29, 1.82) is 0 Å². The van der Waals surface area contributed by atoms with Crippen molar-refractivity contribution in [3.8, 4) is 11.4 Å². The Labute approximate surface area is 99.1 Å². The molecule has 0 amide bonds. The monoisotopic (exact) mass is 234 g/mol. The van der Waals surface area contributed by atoms with Crippen molar-refractivity contribution in [1.82, 2.24) is 15.0 Å². The number of rotatable bonds is 4. The minimum absolute atomic E-state index is 0.286. The van der Waals surface area contributed by atoms with Crippen LogP contribution >= 0.6 is 0 Å². The predicted molar refractivity (Wildman–Crippen MR) is 63.9 cm³/mol. The molecular formula is C12H15FN4.